The average Bonchev–Trinajstić information content (AvgIpc) is 2.57. The smallest absolute Gasteiger partial charge is 0.0944 e. The lowest BCUT2D eigenvalue weighted by Crippen LogP contribution is -2.51. The third-order valence-corrected chi connectivity index (χ3v) is 13.5. The van der Waals surface area contributed by atoms with Crippen molar-refractivity contribution in [1.82, 2.24) is 4.67 Å². The molecule has 23 heavy (non-hydrogen) atoms. The van der Waals surface area contributed by atoms with Crippen molar-refractivity contribution in [2.45, 2.75) is 101 Å². The first kappa shape index (κ1) is 18.2. The predicted octanol–water partition coefficient (Wildman–Crippen LogP) is 5.72. The van der Waals surface area contributed by atoms with Gasteiger partial charge in [-0.3, -0.25) is 0 Å². The summed E-state index contributed by atoms with van der Waals surface area (Å²) in [4.78, 5) is 0. The quantitative estimate of drug-likeness (QED) is 0.610. The van der Waals surface area contributed by atoms with Crippen LogP contribution in [0.25, 0.3) is 0 Å². The van der Waals surface area contributed by atoms with E-state index in [1.165, 1.54) is 77.3 Å². The Morgan fingerprint density at radius 1 is 0.739 bits per heavy atom. The molecule has 3 aliphatic rings. The maximum Gasteiger partial charge on any atom is 0.0944 e. The summed E-state index contributed by atoms with van der Waals surface area (Å²) in [7, 11) is -1.15. The van der Waals surface area contributed by atoms with E-state index in [9.17, 15) is 0 Å². The van der Waals surface area contributed by atoms with Gasteiger partial charge in [-0.1, -0.05) is 12.8 Å². The van der Waals surface area contributed by atoms with Gasteiger partial charge in [-0.05, 0) is 72.1 Å². The fraction of sp³-hybridized carbons (Fsp3) is 1.00. The molecule has 1 saturated heterocycles. The van der Waals surface area contributed by atoms with Crippen molar-refractivity contribution < 1.29 is 4.74 Å². The SMILES string of the molecule is CC(C)(C)[P+](C1CCCCC1)(C1CCCCC1)N1CCOCC1. The Morgan fingerprint density at radius 2 is 1.17 bits per heavy atom. The maximum absolute atomic E-state index is 5.76. The molecule has 2 aliphatic carbocycles. The molecule has 0 aromatic carbocycles. The second-order valence-electron chi connectivity index (χ2n) is 9.06. The van der Waals surface area contributed by atoms with Crippen LogP contribution in [0.4, 0.5) is 0 Å². The molecule has 0 aromatic rings. The van der Waals surface area contributed by atoms with Crippen molar-refractivity contribution in [3.05, 3.63) is 0 Å². The molecule has 1 aliphatic heterocycles. The lowest BCUT2D eigenvalue weighted by Gasteiger charge is -2.55. The molecule has 1 heterocycles. The summed E-state index contributed by atoms with van der Waals surface area (Å²) in [6.45, 7) is 12.1. The number of ether oxygens (including phenoxy) is 1. The average molecular weight is 341 g/mol. The van der Waals surface area contributed by atoms with Crippen LogP contribution >= 0.6 is 7.41 Å². The summed E-state index contributed by atoms with van der Waals surface area (Å²) in [6, 6.07) is 0. The van der Waals surface area contributed by atoms with Gasteiger partial charge in [-0.25, -0.2) is 0 Å². The van der Waals surface area contributed by atoms with E-state index in [-0.39, 0.29) is 0 Å². The molecule has 0 N–H and O–H groups in total. The minimum Gasteiger partial charge on any atom is -0.379 e. The van der Waals surface area contributed by atoms with Gasteiger partial charge in [-0.15, -0.1) is 0 Å². The van der Waals surface area contributed by atoms with Crippen LogP contribution in [0.2, 0.25) is 0 Å². The van der Waals surface area contributed by atoms with E-state index in [0.29, 0.717) is 5.16 Å². The molecule has 0 spiro atoms. The predicted molar refractivity (Wildman–Crippen MR) is 103 cm³/mol. The molecular weight excluding hydrogens is 301 g/mol. The highest BCUT2D eigenvalue weighted by atomic mass is 31.2. The summed E-state index contributed by atoms with van der Waals surface area (Å²) >= 11 is 0. The van der Waals surface area contributed by atoms with E-state index < -0.39 is 7.41 Å². The Balaban J connectivity index is 1.99. The lowest BCUT2D eigenvalue weighted by molar-refractivity contribution is 0.0709. The number of nitrogens with zero attached hydrogens (tertiary/aromatic N) is 1. The van der Waals surface area contributed by atoms with Crippen LogP contribution in [0, 0.1) is 0 Å². The molecule has 2 nitrogen and oxygen atoms in total. The maximum atomic E-state index is 5.76. The van der Waals surface area contributed by atoms with E-state index in [2.05, 4.69) is 25.4 Å². The van der Waals surface area contributed by atoms with Gasteiger partial charge >= 0.3 is 0 Å². The van der Waals surface area contributed by atoms with E-state index in [0.717, 1.165) is 24.5 Å². The molecule has 3 heteroatoms. The van der Waals surface area contributed by atoms with Gasteiger partial charge in [0.2, 0.25) is 0 Å². The minimum atomic E-state index is -1.15. The van der Waals surface area contributed by atoms with E-state index in [1.54, 1.807) is 0 Å². The molecule has 0 amide bonds. The Hall–Kier alpha value is 0.350. The molecule has 134 valence electrons. The van der Waals surface area contributed by atoms with Crippen molar-refractivity contribution in [2.24, 2.45) is 0 Å². The summed E-state index contributed by atoms with van der Waals surface area (Å²) in [5.74, 6) is 0. The summed E-state index contributed by atoms with van der Waals surface area (Å²) in [6.07, 6.45) is 15.0. The molecule has 0 atom stereocenters. The van der Waals surface area contributed by atoms with Crippen LogP contribution in [0.3, 0.4) is 0 Å². The van der Waals surface area contributed by atoms with E-state index in [1.807, 2.05) is 0 Å². The first-order valence-electron chi connectivity index (χ1n) is 10.3. The zero-order valence-electron chi connectivity index (χ0n) is 15.9. The van der Waals surface area contributed by atoms with Crippen LogP contribution in [-0.4, -0.2) is 47.4 Å². The van der Waals surface area contributed by atoms with Gasteiger partial charge in [0.25, 0.3) is 0 Å². The third-order valence-electron chi connectivity index (χ3n) is 6.79. The van der Waals surface area contributed by atoms with Crippen molar-refractivity contribution in [2.75, 3.05) is 26.3 Å². The molecule has 3 fully saturated rings. The first-order valence-corrected chi connectivity index (χ1v) is 12.2. The normalized spacial score (nSPS) is 27.3. The third kappa shape index (κ3) is 3.51. The fourth-order valence-corrected chi connectivity index (χ4v) is 13.8. The summed E-state index contributed by atoms with van der Waals surface area (Å²) in [5, 5.41) is 0.467. The highest BCUT2D eigenvalue weighted by molar-refractivity contribution is 7.76. The van der Waals surface area contributed by atoms with Crippen LogP contribution < -0.4 is 0 Å². The standard InChI is InChI=1S/C20H39NOP/c1-20(2,3)23(18-10-6-4-7-11-18,19-12-8-5-9-13-19)21-14-16-22-17-15-21/h18-19H,4-17H2,1-3H3/q+1. The van der Waals surface area contributed by atoms with Crippen LogP contribution in [0.15, 0.2) is 0 Å². The van der Waals surface area contributed by atoms with Crippen molar-refractivity contribution in [1.29, 1.82) is 0 Å². The van der Waals surface area contributed by atoms with Gasteiger partial charge in [0.15, 0.2) is 0 Å². The van der Waals surface area contributed by atoms with E-state index in [4.69, 9.17) is 4.74 Å². The number of morpholine rings is 1. The van der Waals surface area contributed by atoms with Gasteiger partial charge in [0.1, 0.15) is 0 Å². The molecule has 0 radical (unpaired) electrons. The summed E-state index contributed by atoms with van der Waals surface area (Å²) < 4.78 is 8.79. The minimum absolute atomic E-state index is 0.467. The van der Waals surface area contributed by atoms with Crippen molar-refractivity contribution in [3.63, 3.8) is 0 Å². The van der Waals surface area contributed by atoms with Crippen LogP contribution in [0.1, 0.15) is 85.0 Å². The number of hydrogen-bond donors (Lipinski definition) is 0. The lowest BCUT2D eigenvalue weighted by atomic mass is 9.99. The molecule has 3 rings (SSSR count). The van der Waals surface area contributed by atoms with Gasteiger partial charge < -0.3 is 4.74 Å². The van der Waals surface area contributed by atoms with Gasteiger partial charge in [0, 0.05) is 0 Å². The molecule has 0 bridgehead atoms. The second kappa shape index (κ2) is 7.71. The Bertz CT molecular complexity index is 315. The van der Waals surface area contributed by atoms with Crippen molar-refractivity contribution in [3.8, 4) is 0 Å². The van der Waals surface area contributed by atoms with Crippen LogP contribution in [0.5, 0.6) is 0 Å². The summed E-state index contributed by atoms with van der Waals surface area (Å²) in [5.41, 5.74) is 2.02. The zero-order chi connectivity index (χ0) is 16.3. The van der Waals surface area contributed by atoms with Gasteiger partial charge in [-0.2, -0.15) is 4.67 Å². The van der Waals surface area contributed by atoms with E-state index >= 15 is 0 Å². The molecule has 0 unspecified atom stereocenters. The van der Waals surface area contributed by atoms with Crippen molar-refractivity contribution >= 4 is 7.41 Å². The first-order chi connectivity index (χ1) is 11.1. The molecular formula is C20H39NOP+. The highest BCUT2D eigenvalue weighted by Gasteiger charge is 2.63. The molecule has 0 aromatic heterocycles. The Kier molecular flexibility index (Phi) is 6.08. The Labute approximate surface area is 145 Å². The largest absolute Gasteiger partial charge is 0.379 e. The fourth-order valence-electron chi connectivity index (χ4n) is 6.11. The zero-order valence-corrected chi connectivity index (χ0v) is 16.8. The number of hydrogen-bond acceptors (Lipinski definition) is 2. The molecule has 2 saturated carbocycles. The highest BCUT2D eigenvalue weighted by Crippen LogP contribution is 2.81. The monoisotopic (exact) mass is 340 g/mol. The Morgan fingerprint density at radius 3 is 1.57 bits per heavy atom. The second-order valence-corrected chi connectivity index (χ2v) is 13.9. The van der Waals surface area contributed by atoms with Crippen LogP contribution in [-0.2, 0) is 4.74 Å². The number of rotatable bonds is 3. The van der Waals surface area contributed by atoms with Gasteiger partial charge in [0.05, 0.1) is 50.2 Å². The topological polar surface area (TPSA) is 12.5 Å².